The zero-order chi connectivity index (χ0) is 9.28. The van der Waals surface area contributed by atoms with Crippen LogP contribution in [0.5, 0.6) is 0 Å². The molecule has 0 aromatic rings. The van der Waals surface area contributed by atoms with Crippen molar-refractivity contribution in [1.82, 2.24) is 0 Å². The lowest BCUT2D eigenvalue weighted by atomic mass is 10.3. The van der Waals surface area contributed by atoms with Crippen LogP contribution in [0.25, 0.3) is 0 Å². The average Bonchev–Trinajstić information content (AvgIpc) is 2.04. The molecule has 0 aliphatic carbocycles. The van der Waals surface area contributed by atoms with E-state index < -0.39 is 0 Å². The maximum absolute atomic E-state index is 9.66. The number of hydrogen-bond acceptors (Lipinski definition) is 3. The highest BCUT2D eigenvalue weighted by molar-refractivity contribution is 7.81. The predicted octanol–water partition coefficient (Wildman–Crippen LogP) is 2.54. The normalized spacial score (nSPS) is 11.4. The Kier molecular flexibility index (Phi) is 12.6. The van der Waals surface area contributed by atoms with Crippen LogP contribution >= 0.6 is 24.8 Å². The Morgan fingerprint density at radius 1 is 1.55 bits per heavy atom. The number of thiocarbonyl (C=S) groups is 1. The summed E-state index contributed by atoms with van der Waals surface area (Å²) in [5.74, 6) is 0.574. The van der Waals surface area contributed by atoms with Gasteiger partial charge in [-0.3, -0.25) is 0 Å². The van der Waals surface area contributed by atoms with E-state index in [9.17, 15) is 4.79 Å². The van der Waals surface area contributed by atoms with Gasteiger partial charge >= 0.3 is 0 Å². The standard InChI is InChI=1S/C4H8OS.C4H8S/c1-2-4(6)3-5;1-4(2)3-5/h3-4,6H,2H2,1H3;3-4H,1-2H3. The van der Waals surface area contributed by atoms with Gasteiger partial charge in [0, 0.05) is 0 Å². The fraction of sp³-hybridized carbons (Fsp3) is 0.750. The Labute approximate surface area is 80.0 Å². The molecule has 0 N–H and O–H groups in total. The zero-order valence-electron chi connectivity index (χ0n) is 7.28. The lowest BCUT2D eigenvalue weighted by molar-refractivity contribution is -0.107. The third-order valence-corrected chi connectivity index (χ3v) is 1.88. The van der Waals surface area contributed by atoms with E-state index in [1.807, 2.05) is 6.92 Å². The first-order valence-electron chi connectivity index (χ1n) is 3.67. The van der Waals surface area contributed by atoms with Crippen molar-refractivity contribution in [1.29, 1.82) is 0 Å². The summed E-state index contributed by atoms with van der Waals surface area (Å²) in [5, 5.41) is 1.70. The third kappa shape index (κ3) is 17.8. The van der Waals surface area contributed by atoms with E-state index in [0.717, 1.165) is 12.7 Å². The van der Waals surface area contributed by atoms with Gasteiger partial charge < -0.3 is 4.79 Å². The van der Waals surface area contributed by atoms with Gasteiger partial charge in [0.25, 0.3) is 0 Å². The largest absolute Gasteiger partial charge is 0.302 e. The van der Waals surface area contributed by atoms with Crippen LogP contribution in [0.4, 0.5) is 0 Å². The molecule has 0 heterocycles. The lowest BCUT2D eigenvalue weighted by Gasteiger charge is -1.88. The van der Waals surface area contributed by atoms with Crippen LogP contribution in [0, 0.1) is 5.92 Å². The van der Waals surface area contributed by atoms with Crippen LogP contribution < -0.4 is 0 Å². The van der Waals surface area contributed by atoms with Gasteiger partial charge in [-0.1, -0.05) is 33.0 Å². The van der Waals surface area contributed by atoms with Gasteiger partial charge in [-0.05, 0) is 17.7 Å². The fourth-order valence-electron chi connectivity index (χ4n) is 0.0962. The molecule has 0 amide bonds. The highest BCUT2D eigenvalue weighted by Crippen LogP contribution is 1.92. The maximum Gasteiger partial charge on any atom is 0.132 e. The molecular formula is C8H16OS2. The van der Waals surface area contributed by atoms with Crippen molar-refractivity contribution in [2.24, 2.45) is 5.92 Å². The summed E-state index contributed by atoms with van der Waals surface area (Å²) in [6.07, 6.45) is 1.66. The second-order valence-corrected chi connectivity index (χ2v) is 3.43. The molecule has 3 heteroatoms. The van der Waals surface area contributed by atoms with Crippen molar-refractivity contribution in [2.75, 3.05) is 0 Å². The van der Waals surface area contributed by atoms with Crippen LogP contribution in [-0.4, -0.2) is 16.9 Å². The van der Waals surface area contributed by atoms with Gasteiger partial charge in [0.1, 0.15) is 6.29 Å². The molecule has 0 aliphatic heterocycles. The summed E-state index contributed by atoms with van der Waals surface area (Å²) in [7, 11) is 0. The van der Waals surface area contributed by atoms with Crippen molar-refractivity contribution in [3.63, 3.8) is 0 Å². The molecule has 66 valence electrons. The smallest absolute Gasteiger partial charge is 0.132 e. The number of carbonyl (C=O) groups is 1. The van der Waals surface area contributed by atoms with E-state index in [-0.39, 0.29) is 5.25 Å². The first-order valence-corrected chi connectivity index (χ1v) is 4.65. The van der Waals surface area contributed by atoms with E-state index in [0.29, 0.717) is 5.92 Å². The van der Waals surface area contributed by atoms with Crippen LogP contribution in [-0.2, 0) is 4.79 Å². The summed E-state index contributed by atoms with van der Waals surface area (Å²) in [6, 6.07) is 0. The number of carbonyl (C=O) groups excluding carboxylic acids is 1. The van der Waals surface area contributed by atoms with Crippen molar-refractivity contribution >= 4 is 36.5 Å². The molecule has 0 aromatic heterocycles. The molecule has 0 saturated carbocycles. The zero-order valence-corrected chi connectivity index (χ0v) is 8.99. The molecule has 0 fully saturated rings. The Morgan fingerprint density at radius 3 is 1.91 bits per heavy atom. The quantitative estimate of drug-likeness (QED) is 0.420. The molecule has 1 nitrogen and oxygen atoms in total. The second kappa shape index (κ2) is 10.1. The van der Waals surface area contributed by atoms with Crippen molar-refractivity contribution in [3.8, 4) is 0 Å². The van der Waals surface area contributed by atoms with E-state index in [4.69, 9.17) is 0 Å². The van der Waals surface area contributed by atoms with E-state index in [2.05, 4.69) is 38.7 Å². The van der Waals surface area contributed by atoms with Crippen LogP contribution in [0.15, 0.2) is 0 Å². The lowest BCUT2D eigenvalue weighted by Crippen LogP contribution is -1.94. The topological polar surface area (TPSA) is 17.1 Å². The van der Waals surface area contributed by atoms with Gasteiger partial charge in [0.2, 0.25) is 0 Å². The second-order valence-electron chi connectivity index (χ2n) is 2.49. The summed E-state index contributed by atoms with van der Waals surface area (Å²) < 4.78 is 0. The van der Waals surface area contributed by atoms with Gasteiger partial charge in [-0.15, -0.1) is 0 Å². The summed E-state index contributed by atoms with van der Waals surface area (Å²) in [4.78, 5) is 9.66. The van der Waals surface area contributed by atoms with Crippen molar-refractivity contribution in [3.05, 3.63) is 0 Å². The molecule has 0 aromatic carbocycles. The Balaban J connectivity index is 0. The first-order chi connectivity index (χ1) is 5.08. The highest BCUT2D eigenvalue weighted by atomic mass is 32.1. The van der Waals surface area contributed by atoms with E-state index in [1.54, 1.807) is 5.37 Å². The Bertz CT molecular complexity index is 102. The van der Waals surface area contributed by atoms with Crippen molar-refractivity contribution < 1.29 is 4.79 Å². The number of rotatable bonds is 3. The summed E-state index contributed by atoms with van der Waals surface area (Å²) in [5.41, 5.74) is 0. The monoisotopic (exact) mass is 192 g/mol. The van der Waals surface area contributed by atoms with Gasteiger partial charge in [-0.25, -0.2) is 0 Å². The van der Waals surface area contributed by atoms with Gasteiger partial charge in [-0.2, -0.15) is 12.6 Å². The minimum Gasteiger partial charge on any atom is -0.302 e. The minimum absolute atomic E-state index is 0.0509. The first kappa shape index (κ1) is 13.7. The van der Waals surface area contributed by atoms with Crippen LogP contribution in [0.2, 0.25) is 0 Å². The van der Waals surface area contributed by atoms with E-state index >= 15 is 0 Å². The minimum atomic E-state index is -0.0509. The molecule has 1 unspecified atom stereocenters. The third-order valence-electron chi connectivity index (χ3n) is 0.848. The molecule has 0 bridgehead atoms. The number of hydrogen-bond donors (Lipinski definition) is 1. The van der Waals surface area contributed by atoms with Crippen LogP contribution in [0.3, 0.4) is 0 Å². The molecule has 1 atom stereocenters. The molecule has 0 aliphatic rings. The molecule has 0 rings (SSSR count). The molecule has 0 saturated heterocycles. The molecule has 11 heavy (non-hydrogen) atoms. The average molecular weight is 192 g/mol. The fourth-order valence-corrected chi connectivity index (χ4v) is 0.0962. The SMILES string of the molecule is CC(C)C=S.CCC(S)C=O. The van der Waals surface area contributed by atoms with Crippen molar-refractivity contribution in [2.45, 2.75) is 32.4 Å². The summed E-state index contributed by atoms with van der Waals surface area (Å²) in [6.45, 7) is 6.05. The predicted molar refractivity (Wildman–Crippen MR) is 57.6 cm³/mol. The van der Waals surface area contributed by atoms with Gasteiger partial charge in [0.15, 0.2) is 0 Å². The molecular weight excluding hydrogens is 176 g/mol. The highest BCUT2D eigenvalue weighted by Gasteiger charge is 1.90. The van der Waals surface area contributed by atoms with Gasteiger partial charge in [0.05, 0.1) is 5.25 Å². The number of aldehydes is 1. The molecule has 0 spiro atoms. The Morgan fingerprint density at radius 2 is 1.91 bits per heavy atom. The maximum atomic E-state index is 9.66. The molecule has 0 radical (unpaired) electrons. The van der Waals surface area contributed by atoms with Crippen LogP contribution in [0.1, 0.15) is 27.2 Å². The van der Waals surface area contributed by atoms with E-state index in [1.165, 1.54) is 0 Å². The summed E-state index contributed by atoms with van der Waals surface area (Å²) >= 11 is 8.41. The Hall–Kier alpha value is 0.110. The number of thiol groups is 1.